The fourth-order valence-corrected chi connectivity index (χ4v) is 6.06. The highest BCUT2D eigenvalue weighted by Crippen LogP contribution is 2.27. The van der Waals surface area contributed by atoms with Crippen LogP contribution in [0.2, 0.25) is 0 Å². The Hall–Kier alpha value is -0.0800. The number of thioether (sulfide) groups is 1. The SMILES string of the molecule is Cc1csc(CO)c1S(=O)(=O)NCC1CCSC1. The van der Waals surface area contributed by atoms with E-state index in [0.717, 1.165) is 17.9 Å². The Bertz CT molecular complexity index is 504. The van der Waals surface area contributed by atoms with E-state index >= 15 is 0 Å². The van der Waals surface area contributed by atoms with Crippen molar-refractivity contribution >= 4 is 33.1 Å². The number of thiophene rings is 1. The Morgan fingerprint density at radius 2 is 2.33 bits per heavy atom. The number of sulfonamides is 1. The van der Waals surface area contributed by atoms with Crippen molar-refractivity contribution in [2.24, 2.45) is 5.92 Å². The summed E-state index contributed by atoms with van der Waals surface area (Å²) in [5.41, 5.74) is 0.706. The highest BCUT2D eigenvalue weighted by molar-refractivity contribution is 7.99. The maximum absolute atomic E-state index is 12.2. The number of hydrogen-bond donors (Lipinski definition) is 2. The lowest BCUT2D eigenvalue weighted by Crippen LogP contribution is -2.30. The van der Waals surface area contributed by atoms with Crippen molar-refractivity contribution in [3.05, 3.63) is 15.8 Å². The molecular weight excluding hydrogens is 290 g/mol. The first kappa shape index (κ1) is 14.3. The van der Waals surface area contributed by atoms with E-state index < -0.39 is 10.0 Å². The summed E-state index contributed by atoms with van der Waals surface area (Å²) in [5.74, 6) is 2.57. The average Bonchev–Trinajstić information content (AvgIpc) is 2.95. The highest BCUT2D eigenvalue weighted by Gasteiger charge is 2.24. The minimum absolute atomic E-state index is 0.228. The molecule has 2 N–H and O–H groups in total. The van der Waals surface area contributed by atoms with Crippen LogP contribution in [0.4, 0.5) is 0 Å². The molecule has 1 unspecified atom stereocenters. The Morgan fingerprint density at radius 1 is 1.56 bits per heavy atom. The summed E-state index contributed by atoms with van der Waals surface area (Å²) in [7, 11) is -3.49. The molecule has 1 aliphatic heterocycles. The molecular formula is C11H17NO3S3. The lowest BCUT2D eigenvalue weighted by molar-refractivity contribution is 0.282. The number of aliphatic hydroxyl groups is 1. The molecule has 7 heteroatoms. The lowest BCUT2D eigenvalue weighted by Gasteiger charge is -2.11. The zero-order valence-electron chi connectivity index (χ0n) is 10.2. The summed E-state index contributed by atoms with van der Waals surface area (Å²) in [6, 6.07) is 0. The van der Waals surface area contributed by atoms with Crippen molar-refractivity contribution in [3.63, 3.8) is 0 Å². The van der Waals surface area contributed by atoms with Crippen molar-refractivity contribution in [2.45, 2.75) is 24.8 Å². The molecule has 0 aliphatic carbocycles. The minimum atomic E-state index is -3.49. The van der Waals surface area contributed by atoms with Crippen LogP contribution in [-0.4, -0.2) is 31.6 Å². The van der Waals surface area contributed by atoms with Crippen LogP contribution in [-0.2, 0) is 16.6 Å². The van der Waals surface area contributed by atoms with Crippen molar-refractivity contribution in [3.8, 4) is 0 Å². The molecule has 18 heavy (non-hydrogen) atoms. The first-order chi connectivity index (χ1) is 8.54. The highest BCUT2D eigenvalue weighted by atomic mass is 32.2. The van der Waals surface area contributed by atoms with E-state index in [1.165, 1.54) is 11.3 Å². The largest absolute Gasteiger partial charge is 0.391 e. The second-order valence-corrected chi connectivity index (χ2v) is 8.23. The van der Waals surface area contributed by atoms with Crippen LogP contribution in [0.1, 0.15) is 16.9 Å². The summed E-state index contributed by atoms with van der Waals surface area (Å²) in [4.78, 5) is 0.779. The maximum atomic E-state index is 12.2. The topological polar surface area (TPSA) is 66.4 Å². The zero-order chi connectivity index (χ0) is 13.2. The molecule has 0 spiro atoms. The van der Waals surface area contributed by atoms with E-state index in [1.807, 2.05) is 11.8 Å². The molecule has 1 atom stereocenters. The molecule has 0 bridgehead atoms. The van der Waals surface area contributed by atoms with E-state index in [2.05, 4.69) is 4.72 Å². The molecule has 0 radical (unpaired) electrons. The van der Waals surface area contributed by atoms with Gasteiger partial charge < -0.3 is 5.11 Å². The first-order valence-corrected chi connectivity index (χ1v) is 9.31. The van der Waals surface area contributed by atoms with Gasteiger partial charge in [0.15, 0.2) is 0 Å². The molecule has 2 heterocycles. The number of aliphatic hydroxyl groups excluding tert-OH is 1. The molecule has 0 aromatic carbocycles. The van der Waals surface area contributed by atoms with Crippen molar-refractivity contribution in [2.75, 3.05) is 18.1 Å². The minimum Gasteiger partial charge on any atom is -0.391 e. The predicted octanol–water partition coefficient (Wildman–Crippen LogP) is 1.58. The van der Waals surface area contributed by atoms with Gasteiger partial charge in [-0.3, -0.25) is 0 Å². The normalized spacial score (nSPS) is 20.4. The molecule has 1 saturated heterocycles. The molecule has 1 aromatic rings. The third-order valence-electron chi connectivity index (χ3n) is 2.99. The van der Waals surface area contributed by atoms with E-state index in [9.17, 15) is 13.5 Å². The van der Waals surface area contributed by atoms with Gasteiger partial charge in [-0.2, -0.15) is 11.8 Å². The van der Waals surface area contributed by atoms with Crippen LogP contribution in [0.25, 0.3) is 0 Å². The zero-order valence-corrected chi connectivity index (χ0v) is 12.6. The molecule has 1 aliphatic rings. The quantitative estimate of drug-likeness (QED) is 0.867. The van der Waals surface area contributed by atoms with Crippen LogP contribution in [0.5, 0.6) is 0 Å². The van der Waals surface area contributed by atoms with Crippen LogP contribution >= 0.6 is 23.1 Å². The van der Waals surface area contributed by atoms with Gasteiger partial charge in [0.1, 0.15) is 4.90 Å². The van der Waals surface area contributed by atoms with Crippen LogP contribution < -0.4 is 4.72 Å². The summed E-state index contributed by atoms with van der Waals surface area (Å²) in [6.45, 7) is 2.03. The summed E-state index contributed by atoms with van der Waals surface area (Å²) in [5, 5.41) is 11.0. The Balaban J connectivity index is 2.11. The lowest BCUT2D eigenvalue weighted by atomic mass is 10.1. The van der Waals surface area contributed by atoms with Gasteiger partial charge in [-0.25, -0.2) is 13.1 Å². The number of nitrogens with one attached hydrogen (secondary N) is 1. The molecule has 4 nitrogen and oxygen atoms in total. The molecule has 0 amide bonds. The number of rotatable bonds is 5. The third kappa shape index (κ3) is 3.08. The van der Waals surface area contributed by atoms with Gasteiger partial charge in [0, 0.05) is 6.54 Å². The Labute approximate surface area is 116 Å². The van der Waals surface area contributed by atoms with Gasteiger partial charge in [-0.15, -0.1) is 11.3 Å². The predicted molar refractivity (Wildman–Crippen MR) is 75.6 cm³/mol. The van der Waals surface area contributed by atoms with E-state index in [-0.39, 0.29) is 11.5 Å². The van der Waals surface area contributed by atoms with Crippen molar-refractivity contribution < 1.29 is 13.5 Å². The standard InChI is InChI=1S/C11H17NO3S3/c1-8-6-17-10(5-13)11(8)18(14,15)12-4-9-2-3-16-7-9/h6,9,12-13H,2-5,7H2,1H3. The Morgan fingerprint density at radius 3 is 2.94 bits per heavy atom. The van der Waals surface area contributed by atoms with Crippen LogP contribution in [0, 0.1) is 12.8 Å². The van der Waals surface area contributed by atoms with E-state index in [4.69, 9.17) is 0 Å². The molecule has 1 aromatic heterocycles. The molecule has 102 valence electrons. The fraction of sp³-hybridized carbons (Fsp3) is 0.636. The first-order valence-electron chi connectivity index (χ1n) is 5.80. The van der Waals surface area contributed by atoms with Crippen LogP contribution in [0.3, 0.4) is 0 Å². The second-order valence-electron chi connectivity index (χ2n) is 4.41. The fourth-order valence-electron chi connectivity index (χ4n) is 2.00. The maximum Gasteiger partial charge on any atom is 0.242 e. The summed E-state index contributed by atoms with van der Waals surface area (Å²) < 4.78 is 27.1. The van der Waals surface area contributed by atoms with Gasteiger partial charge in [-0.1, -0.05) is 0 Å². The Kier molecular flexibility index (Phi) is 4.71. The van der Waals surface area contributed by atoms with E-state index in [0.29, 0.717) is 22.9 Å². The van der Waals surface area contributed by atoms with Gasteiger partial charge in [0.25, 0.3) is 0 Å². The molecule has 1 fully saturated rings. The molecule has 0 saturated carbocycles. The van der Waals surface area contributed by atoms with Gasteiger partial charge in [-0.05, 0) is 41.7 Å². The average molecular weight is 307 g/mol. The summed E-state index contributed by atoms with van der Waals surface area (Å²) >= 11 is 3.16. The van der Waals surface area contributed by atoms with E-state index in [1.54, 1.807) is 12.3 Å². The van der Waals surface area contributed by atoms with Crippen molar-refractivity contribution in [1.82, 2.24) is 4.72 Å². The smallest absolute Gasteiger partial charge is 0.242 e. The monoisotopic (exact) mass is 307 g/mol. The third-order valence-corrected chi connectivity index (χ3v) is 7.09. The number of aryl methyl sites for hydroxylation is 1. The second kappa shape index (κ2) is 5.92. The summed E-state index contributed by atoms with van der Waals surface area (Å²) in [6.07, 6.45) is 1.07. The van der Waals surface area contributed by atoms with Gasteiger partial charge >= 0.3 is 0 Å². The van der Waals surface area contributed by atoms with Gasteiger partial charge in [0.05, 0.1) is 11.5 Å². The van der Waals surface area contributed by atoms with Crippen LogP contribution in [0.15, 0.2) is 10.3 Å². The van der Waals surface area contributed by atoms with Crippen molar-refractivity contribution in [1.29, 1.82) is 0 Å². The molecule has 2 rings (SSSR count). The van der Waals surface area contributed by atoms with Gasteiger partial charge in [0.2, 0.25) is 10.0 Å². The number of hydrogen-bond acceptors (Lipinski definition) is 5.